The summed E-state index contributed by atoms with van der Waals surface area (Å²) in [4.78, 5) is 12.8. The highest BCUT2D eigenvalue weighted by atomic mass is 16.6. The van der Waals surface area contributed by atoms with Crippen molar-refractivity contribution in [2.75, 3.05) is 26.3 Å². The van der Waals surface area contributed by atoms with Crippen molar-refractivity contribution >= 4 is 5.69 Å². The van der Waals surface area contributed by atoms with Crippen LogP contribution in [0.4, 0.5) is 5.69 Å². The van der Waals surface area contributed by atoms with Gasteiger partial charge in [-0.25, -0.2) is 0 Å². The van der Waals surface area contributed by atoms with Gasteiger partial charge in [-0.2, -0.15) is 5.10 Å². The number of aromatic nitrogens is 2. The highest BCUT2D eigenvalue weighted by molar-refractivity contribution is 5.21. The second-order valence-electron chi connectivity index (χ2n) is 5.46. The molecule has 104 valence electrons. The Morgan fingerprint density at radius 2 is 2.32 bits per heavy atom. The number of rotatable bonds is 3. The average Bonchev–Trinajstić information content (AvgIpc) is 2.76. The number of nitro groups is 1. The van der Waals surface area contributed by atoms with Gasteiger partial charge < -0.3 is 4.74 Å². The van der Waals surface area contributed by atoms with Gasteiger partial charge in [-0.05, 0) is 12.3 Å². The van der Waals surface area contributed by atoms with E-state index in [0.717, 1.165) is 32.7 Å². The third-order valence-electron chi connectivity index (χ3n) is 4.17. The number of nitrogens with zero attached hydrogens (tertiary/aromatic N) is 4. The maximum atomic E-state index is 10.7. The molecular formula is C12H18N4O3. The molecule has 0 unspecified atom stereocenters. The highest BCUT2D eigenvalue weighted by Crippen LogP contribution is 2.30. The van der Waals surface area contributed by atoms with Crippen LogP contribution in [0.15, 0.2) is 12.4 Å². The van der Waals surface area contributed by atoms with Crippen LogP contribution in [-0.4, -0.2) is 51.9 Å². The number of likely N-dealkylation sites (tertiary alicyclic amines) is 1. The molecule has 0 aliphatic carbocycles. The molecule has 0 radical (unpaired) electrons. The van der Waals surface area contributed by atoms with E-state index in [1.54, 1.807) is 10.9 Å². The quantitative estimate of drug-likeness (QED) is 0.604. The Hall–Kier alpha value is -1.47. The first-order chi connectivity index (χ1) is 9.15. The van der Waals surface area contributed by atoms with Gasteiger partial charge in [0.2, 0.25) is 0 Å². The molecule has 2 fully saturated rings. The molecule has 0 amide bonds. The lowest BCUT2D eigenvalue weighted by molar-refractivity contribution is -0.385. The normalized spacial score (nSPS) is 29.1. The van der Waals surface area contributed by atoms with Crippen molar-refractivity contribution in [2.24, 2.45) is 5.92 Å². The van der Waals surface area contributed by atoms with Crippen LogP contribution < -0.4 is 0 Å². The molecule has 0 bridgehead atoms. The SMILES string of the molecule is C[C@@H]1CN(C2COC2)CC[C@@H]1n1cc([N+](=O)[O-])cn1. The molecule has 3 heterocycles. The molecular weight excluding hydrogens is 248 g/mol. The highest BCUT2D eigenvalue weighted by Gasteiger charge is 2.34. The predicted octanol–water partition coefficient (Wildman–Crippen LogP) is 1.07. The maximum Gasteiger partial charge on any atom is 0.307 e. The summed E-state index contributed by atoms with van der Waals surface area (Å²) < 4.78 is 6.99. The zero-order chi connectivity index (χ0) is 13.4. The van der Waals surface area contributed by atoms with Gasteiger partial charge in [-0.3, -0.25) is 19.7 Å². The van der Waals surface area contributed by atoms with Crippen LogP contribution in [0.25, 0.3) is 0 Å². The summed E-state index contributed by atoms with van der Waals surface area (Å²) in [5.41, 5.74) is 0.0713. The Labute approximate surface area is 111 Å². The van der Waals surface area contributed by atoms with Gasteiger partial charge in [-0.15, -0.1) is 0 Å². The molecule has 0 saturated carbocycles. The zero-order valence-electron chi connectivity index (χ0n) is 10.9. The van der Waals surface area contributed by atoms with Crippen molar-refractivity contribution in [1.29, 1.82) is 0 Å². The molecule has 3 rings (SSSR count). The lowest BCUT2D eigenvalue weighted by atomic mass is 9.92. The Kier molecular flexibility index (Phi) is 3.24. The average molecular weight is 266 g/mol. The second-order valence-corrected chi connectivity index (χ2v) is 5.46. The summed E-state index contributed by atoms with van der Waals surface area (Å²) in [5, 5.41) is 14.8. The van der Waals surface area contributed by atoms with Crippen LogP contribution in [0.3, 0.4) is 0 Å². The maximum absolute atomic E-state index is 10.7. The van der Waals surface area contributed by atoms with Crippen LogP contribution in [0.5, 0.6) is 0 Å². The van der Waals surface area contributed by atoms with E-state index >= 15 is 0 Å². The second kappa shape index (κ2) is 4.90. The van der Waals surface area contributed by atoms with E-state index in [2.05, 4.69) is 16.9 Å². The number of ether oxygens (including phenoxy) is 1. The lowest BCUT2D eigenvalue weighted by Crippen LogP contribution is -2.53. The van der Waals surface area contributed by atoms with Crippen molar-refractivity contribution in [3.63, 3.8) is 0 Å². The third kappa shape index (κ3) is 2.35. The van der Waals surface area contributed by atoms with Crippen molar-refractivity contribution in [3.8, 4) is 0 Å². The van der Waals surface area contributed by atoms with Crippen LogP contribution in [0.2, 0.25) is 0 Å². The zero-order valence-corrected chi connectivity index (χ0v) is 10.9. The predicted molar refractivity (Wildman–Crippen MR) is 67.9 cm³/mol. The van der Waals surface area contributed by atoms with Crippen LogP contribution in [0.1, 0.15) is 19.4 Å². The van der Waals surface area contributed by atoms with E-state index in [4.69, 9.17) is 4.74 Å². The van der Waals surface area contributed by atoms with Gasteiger partial charge >= 0.3 is 5.69 Å². The van der Waals surface area contributed by atoms with E-state index in [1.165, 1.54) is 6.20 Å². The van der Waals surface area contributed by atoms with Crippen molar-refractivity contribution < 1.29 is 9.66 Å². The molecule has 2 atom stereocenters. The summed E-state index contributed by atoms with van der Waals surface area (Å²) in [6.45, 7) is 5.88. The van der Waals surface area contributed by atoms with Crippen LogP contribution in [-0.2, 0) is 4.74 Å². The van der Waals surface area contributed by atoms with E-state index < -0.39 is 4.92 Å². The van der Waals surface area contributed by atoms with Crippen molar-refractivity contribution in [1.82, 2.24) is 14.7 Å². The monoisotopic (exact) mass is 266 g/mol. The number of hydrogen-bond acceptors (Lipinski definition) is 5. The first-order valence-electron chi connectivity index (χ1n) is 6.65. The third-order valence-corrected chi connectivity index (χ3v) is 4.17. The van der Waals surface area contributed by atoms with Gasteiger partial charge in [0, 0.05) is 13.1 Å². The minimum Gasteiger partial charge on any atom is -0.378 e. The van der Waals surface area contributed by atoms with Gasteiger partial charge in [0.1, 0.15) is 12.4 Å². The molecule has 2 saturated heterocycles. The van der Waals surface area contributed by atoms with Crippen LogP contribution >= 0.6 is 0 Å². The van der Waals surface area contributed by atoms with E-state index in [-0.39, 0.29) is 11.7 Å². The summed E-state index contributed by atoms with van der Waals surface area (Å²) in [7, 11) is 0. The molecule has 7 heteroatoms. The van der Waals surface area contributed by atoms with E-state index in [1.807, 2.05) is 0 Å². The van der Waals surface area contributed by atoms with Gasteiger partial charge in [0.05, 0.1) is 30.2 Å². The standard InChI is InChI=1S/C12H18N4O3/c1-9-5-14(11-7-19-8-11)3-2-12(9)15-6-10(4-13-15)16(17)18/h4,6,9,11-12H,2-3,5,7-8H2,1H3/t9-,12+/m1/s1. The fourth-order valence-electron chi connectivity index (χ4n) is 2.93. The minimum atomic E-state index is -0.394. The Bertz CT molecular complexity index is 471. The Balaban J connectivity index is 1.66. The first-order valence-corrected chi connectivity index (χ1v) is 6.65. The molecule has 2 aliphatic rings. The van der Waals surface area contributed by atoms with Gasteiger partial charge in [0.25, 0.3) is 0 Å². The molecule has 19 heavy (non-hydrogen) atoms. The molecule has 2 aliphatic heterocycles. The summed E-state index contributed by atoms with van der Waals surface area (Å²) >= 11 is 0. The Morgan fingerprint density at radius 3 is 2.84 bits per heavy atom. The smallest absolute Gasteiger partial charge is 0.307 e. The minimum absolute atomic E-state index is 0.0713. The van der Waals surface area contributed by atoms with E-state index in [9.17, 15) is 10.1 Å². The van der Waals surface area contributed by atoms with Gasteiger partial charge in [0.15, 0.2) is 0 Å². The molecule has 0 spiro atoms. The van der Waals surface area contributed by atoms with Crippen molar-refractivity contribution in [2.45, 2.75) is 25.4 Å². The Morgan fingerprint density at radius 1 is 1.53 bits per heavy atom. The summed E-state index contributed by atoms with van der Waals surface area (Å²) in [5.74, 6) is 0.439. The lowest BCUT2D eigenvalue weighted by Gasteiger charge is -2.44. The summed E-state index contributed by atoms with van der Waals surface area (Å²) in [6.07, 6.45) is 3.86. The molecule has 7 nitrogen and oxygen atoms in total. The molecule has 0 N–H and O–H groups in total. The topological polar surface area (TPSA) is 73.4 Å². The fourth-order valence-corrected chi connectivity index (χ4v) is 2.93. The fraction of sp³-hybridized carbons (Fsp3) is 0.750. The molecule has 1 aromatic rings. The molecule has 1 aromatic heterocycles. The van der Waals surface area contributed by atoms with E-state index in [0.29, 0.717) is 12.0 Å². The summed E-state index contributed by atoms with van der Waals surface area (Å²) in [6, 6.07) is 0.821. The largest absolute Gasteiger partial charge is 0.378 e. The van der Waals surface area contributed by atoms with Crippen molar-refractivity contribution in [3.05, 3.63) is 22.5 Å². The molecule has 0 aromatic carbocycles. The number of piperidine rings is 1. The number of hydrogen-bond donors (Lipinski definition) is 0. The van der Waals surface area contributed by atoms with Gasteiger partial charge in [-0.1, -0.05) is 6.92 Å². The van der Waals surface area contributed by atoms with Crippen LogP contribution in [0, 0.1) is 16.0 Å². The first kappa shape index (κ1) is 12.6.